The van der Waals surface area contributed by atoms with Crippen molar-refractivity contribution in [2.24, 2.45) is 0 Å². The number of hydrogen-bond acceptors (Lipinski definition) is 6. The van der Waals surface area contributed by atoms with E-state index in [0.717, 1.165) is 35.6 Å². The fourth-order valence-corrected chi connectivity index (χ4v) is 4.87. The highest BCUT2D eigenvalue weighted by Gasteiger charge is 2.33. The van der Waals surface area contributed by atoms with Crippen molar-refractivity contribution in [3.05, 3.63) is 83.0 Å². The molecule has 1 fully saturated rings. The zero-order valence-corrected chi connectivity index (χ0v) is 18.4. The largest absolute Gasteiger partial charge is 0.431 e. The molecule has 158 valence electrons. The number of piperidine rings is 1. The number of likely N-dealkylation sites (tertiary alicyclic amines) is 1. The summed E-state index contributed by atoms with van der Waals surface area (Å²) in [6.07, 6.45) is 3.15. The summed E-state index contributed by atoms with van der Waals surface area (Å²) in [6, 6.07) is 19.5. The van der Waals surface area contributed by atoms with Crippen LogP contribution in [0.3, 0.4) is 0 Å². The highest BCUT2D eigenvalue weighted by Crippen LogP contribution is 2.34. The molecule has 0 unspecified atom stereocenters. The van der Waals surface area contributed by atoms with Crippen LogP contribution in [0.4, 0.5) is 0 Å². The van der Waals surface area contributed by atoms with Gasteiger partial charge in [-0.3, -0.25) is 4.90 Å². The molecule has 0 atom stereocenters. The first kappa shape index (κ1) is 20.4. The number of rotatable bonds is 5. The van der Waals surface area contributed by atoms with Gasteiger partial charge >= 0.3 is 0 Å². The van der Waals surface area contributed by atoms with E-state index in [0.29, 0.717) is 28.7 Å². The molecule has 0 saturated carbocycles. The molecule has 1 aliphatic heterocycles. The molecule has 1 aliphatic rings. The predicted octanol–water partition coefficient (Wildman–Crippen LogP) is 5.62. The molecule has 2 aromatic heterocycles. The molecule has 4 aromatic rings. The Hall–Kier alpha value is -2.51. The van der Waals surface area contributed by atoms with Crippen molar-refractivity contribution in [1.29, 1.82) is 0 Å². The minimum Gasteiger partial charge on any atom is -0.431 e. The van der Waals surface area contributed by atoms with Crippen LogP contribution in [0.15, 0.2) is 66.9 Å². The Kier molecular flexibility index (Phi) is 5.63. The quantitative estimate of drug-likeness (QED) is 0.426. The van der Waals surface area contributed by atoms with Crippen LogP contribution in [0.5, 0.6) is 10.9 Å². The van der Waals surface area contributed by atoms with E-state index in [1.807, 2.05) is 48.5 Å². The van der Waals surface area contributed by atoms with Crippen LogP contribution in [0.25, 0.3) is 10.3 Å². The topological polar surface area (TPSA) is 58.5 Å². The molecule has 0 amide bonds. The van der Waals surface area contributed by atoms with E-state index in [2.05, 4.69) is 27.0 Å². The zero-order valence-electron chi connectivity index (χ0n) is 16.9. The highest BCUT2D eigenvalue weighted by atomic mass is 35.5. The fraction of sp³-hybridized carbons (Fsp3) is 0.250. The van der Waals surface area contributed by atoms with Gasteiger partial charge in [0.15, 0.2) is 5.65 Å². The van der Waals surface area contributed by atoms with E-state index in [-0.39, 0.29) is 0 Å². The SMILES string of the molecule is OC1(c2ccc(Cl)cc2)CCN(Cc2ccc(Oc3nc4ncccc4s3)cc2)CC1. The first-order chi connectivity index (χ1) is 15.1. The maximum atomic E-state index is 11.1. The molecule has 0 spiro atoms. The van der Waals surface area contributed by atoms with Gasteiger partial charge in [0.2, 0.25) is 0 Å². The average Bonchev–Trinajstić information content (AvgIpc) is 3.19. The third-order valence-electron chi connectivity index (χ3n) is 5.74. The molecule has 1 N–H and O–H groups in total. The van der Waals surface area contributed by atoms with Gasteiger partial charge in [0.25, 0.3) is 5.19 Å². The van der Waals surface area contributed by atoms with E-state index in [1.165, 1.54) is 16.9 Å². The number of nitrogens with zero attached hydrogens (tertiary/aromatic N) is 3. The first-order valence-corrected chi connectivity index (χ1v) is 11.5. The number of fused-ring (bicyclic) bond motifs is 1. The maximum absolute atomic E-state index is 11.1. The number of pyridine rings is 1. The number of hydrogen-bond donors (Lipinski definition) is 1. The number of aliphatic hydroxyl groups is 1. The summed E-state index contributed by atoms with van der Waals surface area (Å²) in [4.78, 5) is 11.0. The molecular weight excluding hydrogens is 430 g/mol. The van der Waals surface area contributed by atoms with E-state index in [1.54, 1.807) is 6.20 Å². The number of thiazole rings is 1. The molecule has 3 heterocycles. The van der Waals surface area contributed by atoms with Crippen molar-refractivity contribution in [3.63, 3.8) is 0 Å². The summed E-state index contributed by atoms with van der Waals surface area (Å²) >= 11 is 7.47. The Bertz CT molecular complexity index is 1140. The Morgan fingerprint density at radius 2 is 1.77 bits per heavy atom. The lowest BCUT2D eigenvalue weighted by Gasteiger charge is -2.38. The van der Waals surface area contributed by atoms with Gasteiger partial charge in [-0.15, -0.1) is 0 Å². The van der Waals surface area contributed by atoms with Gasteiger partial charge in [-0.2, -0.15) is 4.98 Å². The molecule has 5 rings (SSSR count). The van der Waals surface area contributed by atoms with Gasteiger partial charge in [0.05, 0.1) is 10.3 Å². The van der Waals surface area contributed by atoms with Crippen molar-refractivity contribution in [3.8, 4) is 10.9 Å². The van der Waals surface area contributed by atoms with Crippen molar-refractivity contribution in [2.75, 3.05) is 13.1 Å². The highest BCUT2D eigenvalue weighted by molar-refractivity contribution is 7.20. The third kappa shape index (κ3) is 4.57. The summed E-state index contributed by atoms with van der Waals surface area (Å²) in [5, 5.41) is 12.3. The Morgan fingerprint density at radius 1 is 1.03 bits per heavy atom. The Labute approximate surface area is 189 Å². The van der Waals surface area contributed by atoms with Gasteiger partial charge in [-0.05, 0) is 60.4 Å². The smallest absolute Gasteiger partial charge is 0.281 e. The number of benzene rings is 2. The standard InChI is InChI=1S/C24H22ClN3O2S/c25-19-7-5-18(6-8-19)24(29)11-14-28(15-12-24)16-17-3-9-20(10-4-17)30-23-27-22-21(31-23)2-1-13-26-22/h1-10,13,29H,11-12,14-16H2. The summed E-state index contributed by atoms with van der Waals surface area (Å²) in [5.74, 6) is 0.763. The second kappa shape index (κ2) is 8.55. The van der Waals surface area contributed by atoms with Crippen molar-refractivity contribution < 1.29 is 9.84 Å². The van der Waals surface area contributed by atoms with Crippen molar-refractivity contribution >= 4 is 33.3 Å². The zero-order chi connectivity index (χ0) is 21.3. The number of ether oxygens (including phenoxy) is 1. The molecule has 2 aromatic carbocycles. The van der Waals surface area contributed by atoms with Crippen molar-refractivity contribution in [2.45, 2.75) is 25.0 Å². The molecule has 0 radical (unpaired) electrons. The van der Waals surface area contributed by atoms with E-state index in [4.69, 9.17) is 16.3 Å². The summed E-state index contributed by atoms with van der Waals surface area (Å²) in [5.41, 5.74) is 2.10. The van der Waals surface area contributed by atoms with Crippen LogP contribution in [0, 0.1) is 0 Å². The predicted molar refractivity (Wildman–Crippen MR) is 124 cm³/mol. The third-order valence-corrected chi connectivity index (χ3v) is 6.88. The lowest BCUT2D eigenvalue weighted by Crippen LogP contribution is -2.42. The minimum atomic E-state index is -0.773. The summed E-state index contributed by atoms with van der Waals surface area (Å²) in [7, 11) is 0. The Morgan fingerprint density at radius 3 is 2.48 bits per heavy atom. The summed E-state index contributed by atoms with van der Waals surface area (Å²) in [6.45, 7) is 2.54. The van der Waals surface area contributed by atoms with Crippen LogP contribution >= 0.6 is 22.9 Å². The van der Waals surface area contributed by atoms with Gasteiger partial charge in [-0.1, -0.05) is 47.2 Å². The van der Waals surface area contributed by atoms with Crippen molar-refractivity contribution in [1.82, 2.24) is 14.9 Å². The van der Waals surface area contributed by atoms with Gasteiger partial charge in [0.1, 0.15) is 5.75 Å². The van der Waals surface area contributed by atoms with Gasteiger partial charge in [0, 0.05) is 30.9 Å². The second-order valence-electron chi connectivity index (χ2n) is 7.87. The second-order valence-corrected chi connectivity index (χ2v) is 9.30. The van der Waals surface area contributed by atoms with Crippen LogP contribution in [0.2, 0.25) is 5.02 Å². The van der Waals surface area contributed by atoms with Crippen LogP contribution in [0.1, 0.15) is 24.0 Å². The van der Waals surface area contributed by atoms with Crippen LogP contribution in [-0.2, 0) is 12.1 Å². The molecule has 1 saturated heterocycles. The normalized spacial score (nSPS) is 16.5. The van der Waals surface area contributed by atoms with E-state index in [9.17, 15) is 5.11 Å². The molecule has 7 heteroatoms. The lowest BCUT2D eigenvalue weighted by molar-refractivity contribution is -0.0277. The molecule has 5 nitrogen and oxygen atoms in total. The van der Waals surface area contributed by atoms with Gasteiger partial charge < -0.3 is 9.84 Å². The van der Waals surface area contributed by atoms with Crippen LogP contribution in [-0.4, -0.2) is 33.1 Å². The average molecular weight is 452 g/mol. The number of halogens is 1. The fourth-order valence-electron chi connectivity index (χ4n) is 3.94. The van der Waals surface area contributed by atoms with Gasteiger partial charge in [-0.25, -0.2) is 4.98 Å². The molecule has 31 heavy (non-hydrogen) atoms. The van der Waals surface area contributed by atoms with Crippen LogP contribution < -0.4 is 4.74 Å². The summed E-state index contributed by atoms with van der Waals surface area (Å²) < 4.78 is 6.92. The molecular formula is C24H22ClN3O2S. The number of aromatic nitrogens is 2. The first-order valence-electron chi connectivity index (χ1n) is 10.3. The molecule has 0 aliphatic carbocycles. The van der Waals surface area contributed by atoms with E-state index < -0.39 is 5.60 Å². The maximum Gasteiger partial charge on any atom is 0.281 e. The lowest BCUT2D eigenvalue weighted by atomic mass is 9.84. The monoisotopic (exact) mass is 451 g/mol. The Balaban J connectivity index is 1.18. The van der Waals surface area contributed by atoms with E-state index >= 15 is 0 Å². The molecule has 0 bridgehead atoms. The minimum absolute atomic E-state index is 0.596.